The highest BCUT2D eigenvalue weighted by Crippen LogP contribution is 2.07. The molecule has 0 rings (SSSR count). The lowest BCUT2D eigenvalue weighted by Gasteiger charge is -2.12. The van der Waals surface area contributed by atoms with Gasteiger partial charge in [-0.3, -0.25) is 0 Å². The van der Waals surface area contributed by atoms with Crippen LogP contribution in [0.5, 0.6) is 0 Å². The summed E-state index contributed by atoms with van der Waals surface area (Å²) >= 11 is 0. The third-order valence-corrected chi connectivity index (χ3v) is 2.10. The molecule has 0 aliphatic heterocycles. The van der Waals surface area contributed by atoms with E-state index in [2.05, 4.69) is 26.1 Å². The Hall–Kier alpha value is -0.0800. The van der Waals surface area contributed by atoms with Crippen LogP contribution in [0.1, 0.15) is 40.0 Å². The van der Waals surface area contributed by atoms with Gasteiger partial charge in [0, 0.05) is 6.04 Å². The van der Waals surface area contributed by atoms with Gasteiger partial charge >= 0.3 is 0 Å². The van der Waals surface area contributed by atoms with Crippen molar-refractivity contribution in [3.8, 4) is 0 Å². The molecule has 0 bridgehead atoms. The zero-order valence-corrected chi connectivity index (χ0v) is 8.77. The summed E-state index contributed by atoms with van der Waals surface area (Å²) in [5, 5.41) is 3.35. The molecule has 74 valence electrons. The van der Waals surface area contributed by atoms with Crippen LogP contribution in [0.2, 0.25) is 0 Å². The largest absolute Gasteiger partial charge is 0.328 e. The van der Waals surface area contributed by atoms with Crippen LogP contribution in [-0.4, -0.2) is 19.1 Å². The van der Waals surface area contributed by atoms with Gasteiger partial charge < -0.3 is 11.1 Å². The first-order valence-electron chi connectivity index (χ1n) is 5.13. The topological polar surface area (TPSA) is 38.0 Å². The van der Waals surface area contributed by atoms with E-state index in [1.165, 1.54) is 12.8 Å². The Morgan fingerprint density at radius 3 is 2.42 bits per heavy atom. The fourth-order valence-electron chi connectivity index (χ4n) is 1.28. The highest BCUT2D eigenvalue weighted by Gasteiger charge is 2.01. The van der Waals surface area contributed by atoms with E-state index >= 15 is 0 Å². The molecule has 0 aromatic carbocycles. The standard InChI is InChI=1S/C10H24N2/c1-4-12-8-9(2)6-5-7-10(3)11/h9-10,12H,4-8,11H2,1-3H3. The molecule has 0 saturated carbocycles. The molecule has 3 N–H and O–H groups in total. The molecule has 0 amide bonds. The Morgan fingerprint density at radius 2 is 1.92 bits per heavy atom. The molecule has 0 aromatic heterocycles. The Balaban J connectivity index is 3.13. The van der Waals surface area contributed by atoms with Crippen molar-refractivity contribution in [1.82, 2.24) is 5.32 Å². The number of nitrogens with one attached hydrogen (secondary N) is 1. The molecule has 2 unspecified atom stereocenters. The van der Waals surface area contributed by atoms with Gasteiger partial charge in [-0.05, 0) is 38.8 Å². The van der Waals surface area contributed by atoms with E-state index in [4.69, 9.17) is 5.73 Å². The lowest BCUT2D eigenvalue weighted by molar-refractivity contribution is 0.453. The smallest absolute Gasteiger partial charge is 0.00104 e. The Labute approximate surface area is 76.9 Å². The van der Waals surface area contributed by atoms with Crippen LogP contribution in [0.25, 0.3) is 0 Å². The molecule has 0 aliphatic rings. The summed E-state index contributed by atoms with van der Waals surface area (Å²) in [6, 6.07) is 0.372. The summed E-state index contributed by atoms with van der Waals surface area (Å²) in [4.78, 5) is 0. The minimum Gasteiger partial charge on any atom is -0.328 e. The molecule has 0 radical (unpaired) electrons. The summed E-state index contributed by atoms with van der Waals surface area (Å²) in [5.74, 6) is 0.795. The van der Waals surface area contributed by atoms with E-state index in [1.54, 1.807) is 0 Å². The van der Waals surface area contributed by atoms with E-state index in [-0.39, 0.29) is 0 Å². The molecule has 12 heavy (non-hydrogen) atoms. The molecular formula is C10H24N2. The zero-order valence-electron chi connectivity index (χ0n) is 8.77. The van der Waals surface area contributed by atoms with Gasteiger partial charge in [0.2, 0.25) is 0 Å². The van der Waals surface area contributed by atoms with Crippen molar-refractivity contribution < 1.29 is 0 Å². The predicted molar refractivity (Wildman–Crippen MR) is 55.2 cm³/mol. The molecule has 2 atom stereocenters. The van der Waals surface area contributed by atoms with Gasteiger partial charge in [0.05, 0.1) is 0 Å². The Kier molecular flexibility index (Phi) is 7.51. The highest BCUT2D eigenvalue weighted by molar-refractivity contribution is 4.59. The summed E-state index contributed by atoms with van der Waals surface area (Å²) in [6.45, 7) is 8.75. The molecule has 0 aromatic rings. The van der Waals surface area contributed by atoms with Gasteiger partial charge in [0.1, 0.15) is 0 Å². The van der Waals surface area contributed by atoms with Crippen LogP contribution in [0.4, 0.5) is 0 Å². The summed E-state index contributed by atoms with van der Waals surface area (Å²) in [6.07, 6.45) is 3.73. The van der Waals surface area contributed by atoms with Crippen molar-refractivity contribution >= 4 is 0 Å². The third-order valence-electron chi connectivity index (χ3n) is 2.10. The van der Waals surface area contributed by atoms with Gasteiger partial charge in [0.15, 0.2) is 0 Å². The van der Waals surface area contributed by atoms with Gasteiger partial charge in [-0.25, -0.2) is 0 Å². The fourth-order valence-corrected chi connectivity index (χ4v) is 1.28. The second-order valence-corrected chi connectivity index (χ2v) is 3.82. The first kappa shape index (κ1) is 11.9. The van der Waals surface area contributed by atoms with E-state index < -0.39 is 0 Å². The van der Waals surface area contributed by atoms with Gasteiger partial charge in [-0.15, -0.1) is 0 Å². The van der Waals surface area contributed by atoms with E-state index in [1.807, 2.05) is 0 Å². The lowest BCUT2D eigenvalue weighted by atomic mass is 10.0. The van der Waals surface area contributed by atoms with Crippen molar-refractivity contribution in [1.29, 1.82) is 0 Å². The van der Waals surface area contributed by atoms with Crippen LogP contribution in [-0.2, 0) is 0 Å². The molecule has 0 aliphatic carbocycles. The summed E-state index contributed by atoms with van der Waals surface area (Å²) < 4.78 is 0. The van der Waals surface area contributed by atoms with Crippen molar-refractivity contribution in [3.63, 3.8) is 0 Å². The third kappa shape index (κ3) is 8.02. The van der Waals surface area contributed by atoms with Gasteiger partial charge in [-0.2, -0.15) is 0 Å². The highest BCUT2D eigenvalue weighted by atomic mass is 14.8. The van der Waals surface area contributed by atoms with Crippen LogP contribution >= 0.6 is 0 Å². The number of hydrogen-bond acceptors (Lipinski definition) is 2. The maximum atomic E-state index is 5.66. The van der Waals surface area contributed by atoms with E-state index in [0.717, 1.165) is 25.4 Å². The van der Waals surface area contributed by atoms with Gasteiger partial charge in [-0.1, -0.05) is 20.3 Å². The zero-order chi connectivity index (χ0) is 9.40. The quantitative estimate of drug-likeness (QED) is 0.614. The average Bonchev–Trinajstić information content (AvgIpc) is 2.00. The van der Waals surface area contributed by atoms with Crippen molar-refractivity contribution in [3.05, 3.63) is 0 Å². The lowest BCUT2D eigenvalue weighted by Crippen LogP contribution is -2.21. The summed E-state index contributed by atoms with van der Waals surface area (Å²) in [5.41, 5.74) is 5.66. The fraction of sp³-hybridized carbons (Fsp3) is 1.00. The maximum absolute atomic E-state index is 5.66. The minimum atomic E-state index is 0.372. The SMILES string of the molecule is CCNCC(C)CCCC(C)N. The normalized spacial score (nSPS) is 16.0. The number of hydrogen-bond donors (Lipinski definition) is 2. The van der Waals surface area contributed by atoms with E-state index in [0.29, 0.717) is 6.04 Å². The predicted octanol–water partition coefficient (Wildman–Crippen LogP) is 1.75. The Morgan fingerprint density at radius 1 is 1.25 bits per heavy atom. The first-order valence-corrected chi connectivity index (χ1v) is 5.13. The minimum absolute atomic E-state index is 0.372. The van der Waals surface area contributed by atoms with Crippen LogP contribution in [0.15, 0.2) is 0 Å². The van der Waals surface area contributed by atoms with Crippen molar-refractivity contribution in [2.75, 3.05) is 13.1 Å². The van der Waals surface area contributed by atoms with Crippen LogP contribution in [0.3, 0.4) is 0 Å². The molecular weight excluding hydrogens is 148 g/mol. The number of rotatable bonds is 7. The molecule has 0 heterocycles. The number of nitrogens with two attached hydrogens (primary N) is 1. The summed E-state index contributed by atoms with van der Waals surface area (Å²) in [7, 11) is 0. The Bertz CT molecular complexity index is 91.8. The molecule has 0 fully saturated rings. The maximum Gasteiger partial charge on any atom is 0.00104 e. The molecule has 2 heteroatoms. The second kappa shape index (κ2) is 7.56. The van der Waals surface area contributed by atoms with Crippen LogP contribution < -0.4 is 11.1 Å². The monoisotopic (exact) mass is 172 g/mol. The second-order valence-electron chi connectivity index (χ2n) is 3.82. The van der Waals surface area contributed by atoms with Gasteiger partial charge in [0.25, 0.3) is 0 Å². The van der Waals surface area contributed by atoms with Crippen molar-refractivity contribution in [2.45, 2.75) is 46.1 Å². The van der Waals surface area contributed by atoms with Crippen LogP contribution in [0, 0.1) is 5.92 Å². The molecule has 2 nitrogen and oxygen atoms in total. The first-order chi connectivity index (χ1) is 5.66. The average molecular weight is 172 g/mol. The van der Waals surface area contributed by atoms with Crippen molar-refractivity contribution in [2.24, 2.45) is 11.7 Å². The van der Waals surface area contributed by atoms with E-state index in [9.17, 15) is 0 Å². The molecule has 0 spiro atoms. The molecule has 0 saturated heterocycles.